The molecule has 12 nitrogen and oxygen atoms in total. The van der Waals surface area contributed by atoms with E-state index in [1.807, 2.05) is 0 Å². The molecule has 0 bridgehead atoms. The topological polar surface area (TPSA) is 163 Å². The number of carbonyl (C=O) groups is 6. The quantitative estimate of drug-likeness (QED) is 0.204. The summed E-state index contributed by atoms with van der Waals surface area (Å²) in [5.74, 6) is -3.31. The number of ether oxygens (including phenoxy) is 4. The lowest BCUT2D eigenvalue weighted by molar-refractivity contribution is -0.149. The van der Waals surface area contributed by atoms with E-state index in [0.717, 1.165) is 0 Å². The van der Waals surface area contributed by atoms with Crippen molar-refractivity contribution in [1.29, 1.82) is 0 Å². The molecule has 0 rings (SSSR count). The van der Waals surface area contributed by atoms with Crippen LogP contribution in [0.25, 0.3) is 0 Å². The number of hydrogen-bond donors (Lipinski definition) is 2. The molecule has 35 heavy (non-hydrogen) atoms. The molecule has 0 fully saturated rings. The van der Waals surface area contributed by atoms with E-state index < -0.39 is 47.8 Å². The number of hydrogen-bond acceptors (Lipinski definition) is 10. The van der Waals surface area contributed by atoms with Gasteiger partial charge in [0.25, 0.3) is 0 Å². The lowest BCUT2D eigenvalue weighted by Gasteiger charge is -2.18. The van der Waals surface area contributed by atoms with Gasteiger partial charge in [-0.1, -0.05) is 0 Å². The Labute approximate surface area is 205 Å². The van der Waals surface area contributed by atoms with Gasteiger partial charge in [0.05, 0.1) is 26.4 Å². The largest absolute Gasteiger partial charge is 0.466 e. The second-order valence-electron chi connectivity index (χ2n) is 7.29. The van der Waals surface area contributed by atoms with Crippen LogP contribution in [0.4, 0.5) is 0 Å². The Kier molecular flexibility index (Phi) is 17.4. The molecular weight excluding hydrogens is 464 g/mol. The van der Waals surface area contributed by atoms with Gasteiger partial charge < -0.3 is 29.6 Å². The molecule has 0 heterocycles. The summed E-state index contributed by atoms with van der Waals surface area (Å²) in [5, 5.41) is 5.03. The molecule has 2 N–H and O–H groups in total. The molecule has 0 aliphatic carbocycles. The van der Waals surface area contributed by atoms with Gasteiger partial charge in [-0.25, -0.2) is 9.59 Å². The monoisotopic (exact) mass is 502 g/mol. The average Bonchev–Trinajstić information content (AvgIpc) is 2.80. The summed E-state index contributed by atoms with van der Waals surface area (Å²) in [6.45, 7) is 7.20. The summed E-state index contributed by atoms with van der Waals surface area (Å²) in [6.07, 6.45) is -0.108. The summed E-state index contributed by atoms with van der Waals surface area (Å²) in [7, 11) is 0. The first kappa shape index (κ1) is 31.8. The van der Waals surface area contributed by atoms with Crippen LogP contribution in [0.3, 0.4) is 0 Å². The SMILES string of the molecule is CCOC(=O)CC[C@H](NC(=O)CCCC(=O)N[C@@H](CCC(=O)OCC)C(=O)OCC)C(=O)OCC. The van der Waals surface area contributed by atoms with Gasteiger partial charge in [-0.05, 0) is 47.0 Å². The van der Waals surface area contributed by atoms with Gasteiger partial charge in [-0.15, -0.1) is 0 Å². The molecule has 0 unspecified atom stereocenters. The van der Waals surface area contributed by atoms with Crippen molar-refractivity contribution in [3.05, 3.63) is 0 Å². The zero-order chi connectivity index (χ0) is 26.6. The molecule has 2 atom stereocenters. The van der Waals surface area contributed by atoms with Gasteiger partial charge in [0.1, 0.15) is 12.1 Å². The van der Waals surface area contributed by atoms with Crippen molar-refractivity contribution in [2.45, 2.75) is 84.7 Å². The Morgan fingerprint density at radius 2 is 0.886 bits per heavy atom. The Balaban J connectivity index is 4.70. The van der Waals surface area contributed by atoms with Crippen LogP contribution >= 0.6 is 0 Å². The van der Waals surface area contributed by atoms with E-state index in [2.05, 4.69) is 10.6 Å². The third-order valence-electron chi connectivity index (χ3n) is 4.51. The highest BCUT2D eigenvalue weighted by Crippen LogP contribution is 2.06. The van der Waals surface area contributed by atoms with E-state index in [4.69, 9.17) is 18.9 Å². The molecule has 0 spiro atoms. The highest BCUT2D eigenvalue weighted by Gasteiger charge is 2.25. The van der Waals surface area contributed by atoms with Gasteiger partial charge in [0.2, 0.25) is 11.8 Å². The van der Waals surface area contributed by atoms with E-state index in [-0.39, 0.29) is 71.4 Å². The predicted octanol–water partition coefficient (Wildman–Crippen LogP) is 0.939. The van der Waals surface area contributed by atoms with Crippen molar-refractivity contribution < 1.29 is 47.7 Å². The summed E-state index contributed by atoms with van der Waals surface area (Å²) in [6, 6.07) is -2.03. The fourth-order valence-corrected chi connectivity index (χ4v) is 2.92. The maximum Gasteiger partial charge on any atom is 0.328 e. The van der Waals surface area contributed by atoms with Gasteiger partial charge in [0.15, 0.2) is 0 Å². The van der Waals surface area contributed by atoms with Gasteiger partial charge in [-0.3, -0.25) is 19.2 Å². The third kappa shape index (κ3) is 15.4. The molecule has 0 saturated heterocycles. The number of esters is 4. The lowest BCUT2D eigenvalue weighted by atomic mass is 10.1. The van der Waals surface area contributed by atoms with Crippen molar-refractivity contribution >= 4 is 35.7 Å². The fourth-order valence-electron chi connectivity index (χ4n) is 2.92. The molecule has 0 radical (unpaired) electrons. The Morgan fingerprint density at radius 1 is 0.543 bits per heavy atom. The fraction of sp³-hybridized carbons (Fsp3) is 0.739. The van der Waals surface area contributed by atoms with Gasteiger partial charge in [-0.2, -0.15) is 0 Å². The van der Waals surface area contributed by atoms with Crippen molar-refractivity contribution in [1.82, 2.24) is 10.6 Å². The average molecular weight is 503 g/mol. The van der Waals surface area contributed by atoms with E-state index in [9.17, 15) is 28.8 Å². The van der Waals surface area contributed by atoms with E-state index >= 15 is 0 Å². The van der Waals surface area contributed by atoms with Crippen LogP contribution in [0.15, 0.2) is 0 Å². The van der Waals surface area contributed by atoms with Crippen LogP contribution in [-0.2, 0) is 47.7 Å². The van der Waals surface area contributed by atoms with Crippen LogP contribution in [0.2, 0.25) is 0 Å². The number of rotatable bonds is 18. The number of carbonyl (C=O) groups excluding carboxylic acids is 6. The molecule has 0 saturated carbocycles. The van der Waals surface area contributed by atoms with Crippen molar-refractivity contribution in [2.75, 3.05) is 26.4 Å². The second kappa shape index (κ2) is 19.2. The number of nitrogens with one attached hydrogen (secondary N) is 2. The lowest BCUT2D eigenvalue weighted by Crippen LogP contribution is -2.43. The van der Waals surface area contributed by atoms with E-state index in [0.29, 0.717) is 0 Å². The first-order valence-electron chi connectivity index (χ1n) is 11.9. The first-order chi connectivity index (χ1) is 16.7. The minimum absolute atomic E-state index is 0.0194. The maximum atomic E-state index is 12.3. The maximum absolute atomic E-state index is 12.3. The van der Waals surface area contributed by atoms with Gasteiger partial charge >= 0.3 is 23.9 Å². The van der Waals surface area contributed by atoms with Crippen molar-refractivity contribution in [2.24, 2.45) is 0 Å². The smallest absolute Gasteiger partial charge is 0.328 e. The molecule has 0 aliphatic rings. The normalized spacial score (nSPS) is 12.0. The third-order valence-corrected chi connectivity index (χ3v) is 4.51. The Hall–Kier alpha value is -3.18. The van der Waals surface area contributed by atoms with Crippen LogP contribution in [0, 0.1) is 0 Å². The van der Waals surface area contributed by atoms with Crippen molar-refractivity contribution in [3.8, 4) is 0 Å². The highest BCUT2D eigenvalue weighted by atomic mass is 16.5. The standard InChI is InChI=1S/C23H38N2O10/c1-5-32-20(28)14-12-16(22(30)34-7-3)24-18(26)10-9-11-19(27)25-17(23(31)35-8-4)13-15-21(29)33-6-2/h16-17H,5-15H2,1-4H3,(H,24,26)(H,25,27)/t16-,17-/m0/s1. The van der Waals surface area contributed by atoms with Crippen molar-refractivity contribution in [3.63, 3.8) is 0 Å². The zero-order valence-corrected chi connectivity index (χ0v) is 21.0. The minimum Gasteiger partial charge on any atom is -0.466 e. The van der Waals surface area contributed by atoms with Gasteiger partial charge in [0, 0.05) is 25.7 Å². The Bertz CT molecular complexity index is 652. The molecule has 12 heteroatoms. The van der Waals surface area contributed by atoms with Crippen LogP contribution < -0.4 is 10.6 Å². The molecule has 0 aromatic carbocycles. The molecule has 0 aliphatic heterocycles. The zero-order valence-electron chi connectivity index (χ0n) is 21.0. The Morgan fingerprint density at radius 3 is 1.20 bits per heavy atom. The molecule has 200 valence electrons. The molecule has 0 aromatic heterocycles. The first-order valence-corrected chi connectivity index (χ1v) is 11.9. The number of amides is 2. The summed E-state index contributed by atoms with van der Waals surface area (Å²) in [4.78, 5) is 71.9. The summed E-state index contributed by atoms with van der Waals surface area (Å²) >= 11 is 0. The predicted molar refractivity (Wildman–Crippen MR) is 123 cm³/mol. The van der Waals surface area contributed by atoms with Crippen LogP contribution in [0.5, 0.6) is 0 Å². The van der Waals surface area contributed by atoms with E-state index in [1.54, 1.807) is 27.7 Å². The van der Waals surface area contributed by atoms with E-state index in [1.165, 1.54) is 0 Å². The molecule has 0 aromatic rings. The van der Waals surface area contributed by atoms with Crippen LogP contribution in [-0.4, -0.2) is 74.2 Å². The second-order valence-corrected chi connectivity index (χ2v) is 7.29. The molecule has 2 amide bonds. The summed E-state index contributed by atoms with van der Waals surface area (Å²) < 4.78 is 19.5. The highest BCUT2D eigenvalue weighted by molar-refractivity contribution is 5.86. The van der Waals surface area contributed by atoms with Crippen LogP contribution in [0.1, 0.15) is 72.6 Å². The minimum atomic E-state index is -1.02. The molecular formula is C23H38N2O10. The summed E-state index contributed by atoms with van der Waals surface area (Å²) in [5.41, 5.74) is 0.